The molecule has 0 saturated carbocycles. The summed E-state index contributed by atoms with van der Waals surface area (Å²) < 4.78 is 0. The average Bonchev–Trinajstić information content (AvgIpc) is 3.07. The van der Waals surface area contributed by atoms with E-state index >= 15 is 0 Å². The van der Waals surface area contributed by atoms with Gasteiger partial charge in [0, 0.05) is 45.3 Å². The van der Waals surface area contributed by atoms with Crippen LogP contribution in [0.3, 0.4) is 0 Å². The van der Waals surface area contributed by atoms with Gasteiger partial charge in [0.2, 0.25) is 5.91 Å². The van der Waals surface area contributed by atoms with Crippen LogP contribution in [0.15, 0.2) is 18.3 Å². The summed E-state index contributed by atoms with van der Waals surface area (Å²) in [4.78, 5) is 32.6. The van der Waals surface area contributed by atoms with Gasteiger partial charge in [0.1, 0.15) is 0 Å². The van der Waals surface area contributed by atoms with E-state index in [9.17, 15) is 9.59 Å². The van der Waals surface area contributed by atoms with Gasteiger partial charge in [0.15, 0.2) is 5.82 Å². The number of anilines is 2. The molecule has 0 aliphatic carbocycles. The van der Waals surface area contributed by atoms with Crippen LogP contribution >= 0.6 is 0 Å². The van der Waals surface area contributed by atoms with E-state index < -0.39 is 0 Å². The maximum Gasteiger partial charge on any atom is 0.319 e. The summed E-state index contributed by atoms with van der Waals surface area (Å²) in [6, 6.07) is 3.44. The number of hydrogen-bond acceptors (Lipinski definition) is 4. The van der Waals surface area contributed by atoms with E-state index in [1.807, 2.05) is 17.0 Å². The number of hydrogen-bond donors (Lipinski definition) is 2. The third kappa shape index (κ3) is 4.84. The first-order valence-corrected chi connectivity index (χ1v) is 9.26. The van der Waals surface area contributed by atoms with E-state index in [1.165, 1.54) is 0 Å². The van der Waals surface area contributed by atoms with Crippen molar-refractivity contribution in [1.82, 2.24) is 15.2 Å². The maximum absolute atomic E-state index is 12.2. The molecular weight excluding hydrogens is 318 g/mol. The van der Waals surface area contributed by atoms with Crippen LogP contribution in [0.2, 0.25) is 0 Å². The molecule has 3 heterocycles. The number of nitrogens with zero attached hydrogens (tertiary/aromatic N) is 3. The zero-order chi connectivity index (χ0) is 17.5. The highest BCUT2D eigenvalue weighted by Gasteiger charge is 2.19. The molecule has 7 nitrogen and oxygen atoms in total. The summed E-state index contributed by atoms with van der Waals surface area (Å²) in [6.07, 6.45) is 7.83. The van der Waals surface area contributed by atoms with Gasteiger partial charge in [-0.2, -0.15) is 0 Å². The first-order valence-electron chi connectivity index (χ1n) is 9.26. The van der Waals surface area contributed by atoms with E-state index in [2.05, 4.69) is 20.5 Å². The van der Waals surface area contributed by atoms with Gasteiger partial charge in [-0.1, -0.05) is 6.42 Å². The summed E-state index contributed by atoms with van der Waals surface area (Å²) >= 11 is 0. The van der Waals surface area contributed by atoms with Crippen LogP contribution in [0.5, 0.6) is 0 Å². The number of carbonyl (C=O) groups is 2. The Kier molecular flexibility index (Phi) is 6.09. The monoisotopic (exact) mass is 345 g/mol. The van der Waals surface area contributed by atoms with Gasteiger partial charge < -0.3 is 20.4 Å². The summed E-state index contributed by atoms with van der Waals surface area (Å²) in [5, 5.41) is 5.74. The van der Waals surface area contributed by atoms with E-state index in [0.29, 0.717) is 19.5 Å². The van der Waals surface area contributed by atoms with Crippen LogP contribution in [0.25, 0.3) is 0 Å². The Balaban J connectivity index is 1.48. The van der Waals surface area contributed by atoms with Gasteiger partial charge >= 0.3 is 6.03 Å². The molecule has 2 aliphatic heterocycles. The molecule has 0 atom stereocenters. The molecule has 2 N–H and O–H groups in total. The number of rotatable bonds is 5. The number of pyridine rings is 1. The van der Waals surface area contributed by atoms with Crippen molar-refractivity contribution >= 4 is 23.4 Å². The molecule has 1 aromatic rings. The van der Waals surface area contributed by atoms with E-state index in [4.69, 9.17) is 0 Å². The largest absolute Gasteiger partial charge is 0.355 e. The molecule has 2 fully saturated rings. The molecule has 3 rings (SSSR count). The average molecular weight is 345 g/mol. The molecule has 7 heteroatoms. The molecule has 0 unspecified atom stereocenters. The minimum absolute atomic E-state index is 0.197. The predicted molar refractivity (Wildman–Crippen MR) is 97.8 cm³/mol. The fourth-order valence-electron chi connectivity index (χ4n) is 3.42. The van der Waals surface area contributed by atoms with Crippen molar-refractivity contribution in [1.29, 1.82) is 0 Å². The Morgan fingerprint density at radius 3 is 2.76 bits per heavy atom. The molecule has 2 saturated heterocycles. The second kappa shape index (κ2) is 8.69. The minimum atomic E-state index is -0.254. The minimum Gasteiger partial charge on any atom is -0.355 e. The van der Waals surface area contributed by atoms with Crippen LogP contribution in [-0.4, -0.2) is 54.5 Å². The predicted octanol–water partition coefficient (Wildman–Crippen LogP) is 2.21. The van der Waals surface area contributed by atoms with Crippen LogP contribution in [0.4, 0.5) is 16.3 Å². The molecule has 136 valence electrons. The highest BCUT2D eigenvalue weighted by molar-refractivity contribution is 5.92. The van der Waals surface area contributed by atoms with Gasteiger partial charge in [0.05, 0.1) is 5.69 Å². The number of aromatic nitrogens is 1. The van der Waals surface area contributed by atoms with Crippen molar-refractivity contribution in [2.24, 2.45) is 0 Å². The Morgan fingerprint density at radius 1 is 1.12 bits per heavy atom. The lowest BCUT2D eigenvalue weighted by Crippen LogP contribution is -2.39. The highest BCUT2D eigenvalue weighted by atomic mass is 16.2. The lowest BCUT2D eigenvalue weighted by atomic mass is 10.2. The number of urea groups is 1. The molecule has 25 heavy (non-hydrogen) atoms. The van der Waals surface area contributed by atoms with Crippen LogP contribution in [0, 0.1) is 0 Å². The fraction of sp³-hybridized carbons (Fsp3) is 0.611. The smallest absolute Gasteiger partial charge is 0.319 e. The van der Waals surface area contributed by atoms with Crippen molar-refractivity contribution in [3.05, 3.63) is 18.3 Å². The summed E-state index contributed by atoms with van der Waals surface area (Å²) in [6.45, 7) is 3.77. The van der Waals surface area contributed by atoms with E-state index in [1.54, 1.807) is 6.20 Å². The molecule has 0 radical (unpaired) electrons. The van der Waals surface area contributed by atoms with E-state index in [-0.39, 0.29) is 11.9 Å². The van der Waals surface area contributed by atoms with Gasteiger partial charge in [0.25, 0.3) is 0 Å². The molecular formula is C18H27N5O2. The Hall–Kier alpha value is -2.31. The molecule has 2 aliphatic rings. The lowest BCUT2D eigenvalue weighted by Gasteiger charge is -2.21. The number of nitrogens with one attached hydrogen (secondary N) is 2. The zero-order valence-electron chi connectivity index (χ0n) is 14.7. The van der Waals surface area contributed by atoms with Gasteiger partial charge in [-0.25, -0.2) is 9.78 Å². The topological polar surface area (TPSA) is 77.6 Å². The quantitative estimate of drug-likeness (QED) is 0.858. The lowest BCUT2D eigenvalue weighted by molar-refractivity contribution is -0.130. The van der Waals surface area contributed by atoms with Crippen LogP contribution in [0.1, 0.15) is 38.5 Å². The first kappa shape index (κ1) is 17.5. The van der Waals surface area contributed by atoms with Crippen molar-refractivity contribution < 1.29 is 9.59 Å². The highest BCUT2D eigenvalue weighted by Crippen LogP contribution is 2.25. The number of amides is 3. The van der Waals surface area contributed by atoms with Crippen molar-refractivity contribution in [2.45, 2.75) is 38.5 Å². The summed E-state index contributed by atoms with van der Waals surface area (Å²) in [5.74, 6) is 1.03. The van der Waals surface area contributed by atoms with Crippen molar-refractivity contribution in [2.75, 3.05) is 42.9 Å². The van der Waals surface area contributed by atoms with Gasteiger partial charge in [-0.05, 0) is 37.8 Å². The standard InChI is InChI=1S/C18H27N5O2/c24-16-8-2-1-3-11-22(16)14-10-20-18(25)21-15-7-6-9-19-17(15)23-12-4-5-13-23/h6-7,9H,1-5,8,10-14H2,(H2,20,21,25). The van der Waals surface area contributed by atoms with Gasteiger partial charge in [-0.3, -0.25) is 4.79 Å². The molecule has 0 bridgehead atoms. The third-order valence-corrected chi connectivity index (χ3v) is 4.78. The second-order valence-electron chi connectivity index (χ2n) is 6.64. The molecule has 1 aromatic heterocycles. The molecule has 0 spiro atoms. The number of likely N-dealkylation sites (tertiary alicyclic amines) is 1. The zero-order valence-corrected chi connectivity index (χ0v) is 14.7. The third-order valence-electron chi connectivity index (χ3n) is 4.78. The van der Waals surface area contributed by atoms with E-state index in [0.717, 1.165) is 63.2 Å². The maximum atomic E-state index is 12.2. The first-order chi connectivity index (χ1) is 12.2. The molecule has 0 aromatic carbocycles. The Bertz CT molecular complexity index is 601. The normalized spacial score (nSPS) is 18.2. The second-order valence-corrected chi connectivity index (χ2v) is 6.64. The fourth-order valence-corrected chi connectivity index (χ4v) is 3.42. The Morgan fingerprint density at radius 2 is 1.92 bits per heavy atom. The van der Waals surface area contributed by atoms with Crippen molar-refractivity contribution in [3.8, 4) is 0 Å². The Labute approximate surface area is 148 Å². The van der Waals surface area contributed by atoms with Crippen molar-refractivity contribution in [3.63, 3.8) is 0 Å². The molecule has 3 amide bonds. The van der Waals surface area contributed by atoms with Gasteiger partial charge in [-0.15, -0.1) is 0 Å². The summed E-state index contributed by atoms with van der Waals surface area (Å²) in [7, 11) is 0. The number of carbonyl (C=O) groups excluding carboxylic acids is 2. The van der Waals surface area contributed by atoms with Crippen LogP contribution < -0.4 is 15.5 Å². The van der Waals surface area contributed by atoms with Crippen LogP contribution in [-0.2, 0) is 4.79 Å². The summed E-state index contributed by atoms with van der Waals surface area (Å²) in [5.41, 5.74) is 0.729. The SMILES string of the molecule is O=C(NCCN1CCCCCC1=O)Nc1cccnc1N1CCCC1.